The molecule has 0 fully saturated rings. The van der Waals surface area contributed by atoms with Crippen LogP contribution >= 0.6 is 11.3 Å². The minimum Gasteiger partial charge on any atom is -0.477 e. The fraction of sp³-hybridized carbons (Fsp3) is 0.0667. The predicted octanol–water partition coefficient (Wildman–Crippen LogP) is 3.21. The van der Waals surface area contributed by atoms with Crippen LogP contribution in [0.3, 0.4) is 0 Å². The van der Waals surface area contributed by atoms with Gasteiger partial charge in [-0.3, -0.25) is 4.79 Å². The van der Waals surface area contributed by atoms with Crippen LogP contribution in [0.25, 0.3) is 6.08 Å². The van der Waals surface area contributed by atoms with Gasteiger partial charge in [-0.05, 0) is 41.8 Å². The molecule has 0 saturated heterocycles. The number of ether oxygens (including phenoxy) is 1. The van der Waals surface area contributed by atoms with Crippen LogP contribution in [0.4, 0.5) is 8.78 Å². The third-order valence-electron chi connectivity index (χ3n) is 2.65. The molecule has 0 unspecified atom stereocenters. The van der Waals surface area contributed by atoms with Crippen LogP contribution < -0.4 is 10.1 Å². The van der Waals surface area contributed by atoms with Crippen molar-refractivity contribution in [3.63, 3.8) is 0 Å². The molecule has 23 heavy (non-hydrogen) atoms. The van der Waals surface area contributed by atoms with Gasteiger partial charge in [-0.15, -0.1) is 11.3 Å². The van der Waals surface area contributed by atoms with Crippen LogP contribution in [-0.2, 0) is 4.79 Å². The van der Waals surface area contributed by atoms with E-state index in [0.29, 0.717) is 4.88 Å². The maximum Gasteiger partial charge on any atom is 0.387 e. The van der Waals surface area contributed by atoms with E-state index in [-0.39, 0.29) is 17.0 Å². The zero-order valence-electron chi connectivity index (χ0n) is 11.5. The summed E-state index contributed by atoms with van der Waals surface area (Å²) in [6.07, 6.45) is 1.33. The van der Waals surface area contributed by atoms with Crippen molar-refractivity contribution in [1.29, 1.82) is 0 Å². The van der Waals surface area contributed by atoms with E-state index in [2.05, 4.69) is 10.1 Å². The van der Waals surface area contributed by atoms with Crippen LogP contribution in [0.2, 0.25) is 0 Å². The number of aliphatic carboxylic acids is 1. The predicted molar refractivity (Wildman–Crippen MR) is 80.5 cm³/mol. The molecule has 0 saturated carbocycles. The van der Waals surface area contributed by atoms with E-state index in [1.165, 1.54) is 41.7 Å². The van der Waals surface area contributed by atoms with Gasteiger partial charge in [-0.1, -0.05) is 6.07 Å². The number of hydrogen-bond acceptors (Lipinski definition) is 4. The van der Waals surface area contributed by atoms with Crippen LogP contribution in [0.1, 0.15) is 15.2 Å². The average molecular weight is 339 g/mol. The van der Waals surface area contributed by atoms with Crippen molar-refractivity contribution in [2.24, 2.45) is 0 Å². The summed E-state index contributed by atoms with van der Waals surface area (Å²) in [4.78, 5) is 23.9. The van der Waals surface area contributed by atoms with Crippen molar-refractivity contribution >= 4 is 29.3 Å². The fourth-order valence-corrected chi connectivity index (χ4v) is 2.31. The Hall–Kier alpha value is -2.74. The highest BCUT2D eigenvalue weighted by Gasteiger charge is 2.14. The van der Waals surface area contributed by atoms with Gasteiger partial charge in [0, 0.05) is 10.4 Å². The van der Waals surface area contributed by atoms with Crippen LogP contribution in [0.5, 0.6) is 5.75 Å². The SMILES string of the molecule is O=C(O)/C(=C\c1cccs1)NC(=O)c1ccc(OC(F)F)cc1. The van der Waals surface area contributed by atoms with Crippen molar-refractivity contribution in [2.75, 3.05) is 0 Å². The van der Waals surface area contributed by atoms with E-state index in [0.717, 1.165) is 0 Å². The minimum atomic E-state index is -2.96. The van der Waals surface area contributed by atoms with Crippen LogP contribution in [-0.4, -0.2) is 23.6 Å². The first kappa shape index (κ1) is 16.6. The lowest BCUT2D eigenvalue weighted by atomic mass is 10.2. The molecule has 1 amide bonds. The number of carbonyl (C=O) groups is 2. The number of carbonyl (C=O) groups excluding carboxylic acids is 1. The number of carboxylic acids is 1. The zero-order chi connectivity index (χ0) is 16.8. The zero-order valence-corrected chi connectivity index (χ0v) is 12.3. The smallest absolute Gasteiger partial charge is 0.387 e. The largest absolute Gasteiger partial charge is 0.477 e. The standard InChI is InChI=1S/C15H11F2NO4S/c16-15(17)22-10-5-3-9(4-6-10)13(19)18-12(14(20)21)8-11-2-1-7-23-11/h1-8,15H,(H,18,19)(H,20,21)/b12-8+. The van der Waals surface area contributed by atoms with Crippen molar-refractivity contribution in [1.82, 2.24) is 5.32 Å². The molecule has 0 aliphatic carbocycles. The molecule has 1 heterocycles. The van der Waals surface area contributed by atoms with Gasteiger partial charge in [0.25, 0.3) is 5.91 Å². The molecular formula is C15H11F2NO4S. The number of alkyl halides is 2. The molecule has 0 aliphatic rings. The second kappa shape index (κ2) is 7.50. The highest BCUT2D eigenvalue weighted by Crippen LogP contribution is 2.16. The quantitative estimate of drug-likeness (QED) is 0.793. The number of rotatable bonds is 6. The summed E-state index contributed by atoms with van der Waals surface area (Å²) in [6, 6.07) is 8.38. The third kappa shape index (κ3) is 4.89. The first-order valence-corrected chi connectivity index (χ1v) is 7.18. The molecule has 2 aromatic rings. The molecular weight excluding hydrogens is 328 g/mol. The minimum absolute atomic E-state index is 0.0934. The van der Waals surface area contributed by atoms with Crippen LogP contribution in [0, 0.1) is 0 Å². The summed E-state index contributed by atoms with van der Waals surface area (Å²) < 4.78 is 28.3. The van der Waals surface area contributed by atoms with Gasteiger partial charge in [0.05, 0.1) is 0 Å². The summed E-state index contributed by atoms with van der Waals surface area (Å²) in [6.45, 7) is -2.96. The molecule has 0 aliphatic heterocycles. The Morgan fingerprint density at radius 1 is 1.22 bits per heavy atom. The molecule has 120 valence electrons. The molecule has 2 rings (SSSR count). The number of nitrogens with one attached hydrogen (secondary N) is 1. The lowest BCUT2D eigenvalue weighted by Crippen LogP contribution is -2.27. The highest BCUT2D eigenvalue weighted by molar-refractivity contribution is 7.10. The second-order valence-electron chi connectivity index (χ2n) is 4.24. The molecule has 0 spiro atoms. The summed E-state index contributed by atoms with van der Waals surface area (Å²) in [7, 11) is 0. The number of hydrogen-bond donors (Lipinski definition) is 2. The molecule has 0 bridgehead atoms. The van der Waals surface area contributed by atoms with E-state index in [1.54, 1.807) is 17.5 Å². The molecule has 2 N–H and O–H groups in total. The van der Waals surface area contributed by atoms with Crippen molar-refractivity contribution in [3.8, 4) is 5.75 Å². The van der Waals surface area contributed by atoms with E-state index < -0.39 is 18.5 Å². The first-order chi connectivity index (χ1) is 11.0. The topological polar surface area (TPSA) is 75.6 Å². The Balaban J connectivity index is 2.11. The van der Waals surface area contributed by atoms with Gasteiger partial charge >= 0.3 is 12.6 Å². The van der Waals surface area contributed by atoms with E-state index >= 15 is 0 Å². The van der Waals surface area contributed by atoms with E-state index in [9.17, 15) is 18.4 Å². The Kier molecular flexibility index (Phi) is 5.42. The fourth-order valence-electron chi connectivity index (χ4n) is 1.65. The number of amides is 1. The van der Waals surface area contributed by atoms with Gasteiger partial charge < -0.3 is 15.2 Å². The van der Waals surface area contributed by atoms with Gasteiger partial charge in [0.1, 0.15) is 11.4 Å². The second-order valence-corrected chi connectivity index (χ2v) is 5.21. The molecule has 0 atom stereocenters. The maximum absolute atomic E-state index is 12.0. The molecule has 1 aromatic carbocycles. The molecule has 0 radical (unpaired) electrons. The summed E-state index contributed by atoms with van der Waals surface area (Å²) in [5.74, 6) is -2.05. The maximum atomic E-state index is 12.0. The summed E-state index contributed by atoms with van der Waals surface area (Å²) in [5, 5.41) is 13.2. The Labute approximate surface area is 133 Å². The number of halogens is 2. The number of thiophene rings is 1. The van der Waals surface area contributed by atoms with Gasteiger partial charge in [0.2, 0.25) is 0 Å². The first-order valence-electron chi connectivity index (χ1n) is 6.30. The summed E-state index contributed by atoms with van der Waals surface area (Å²) >= 11 is 1.32. The normalized spacial score (nSPS) is 11.3. The van der Waals surface area contributed by atoms with Crippen molar-refractivity contribution in [2.45, 2.75) is 6.61 Å². The van der Waals surface area contributed by atoms with E-state index in [4.69, 9.17) is 5.11 Å². The van der Waals surface area contributed by atoms with Crippen molar-refractivity contribution < 1.29 is 28.2 Å². The highest BCUT2D eigenvalue weighted by atomic mass is 32.1. The van der Waals surface area contributed by atoms with Gasteiger partial charge in [0.15, 0.2) is 0 Å². The Morgan fingerprint density at radius 3 is 2.43 bits per heavy atom. The van der Waals surface area contributed by atoms with Crippen molar-refractivity contribution in [3.05, 3.63) is 57.9 Å². The van der Waals surface area contributed by atoms with E-state index in [1.807, 2.05) is 0 Å². The third-order valence-corrected chi connectivity index (χ3v) is 3.47. The Bertz CT molecular complexity index is 712. The summed E-state index contributed by atoms with van der Waals surface area (Å²) in [5.41, 5.74) is -0.171. The lowest BCUT2D eigenvalue weighted by molar-refractivity contribution is -0.132. The monoisotopic (exact) mass is 339 g/mol. The average Bonchev–Trinajstić information content (AvgIpc) is 2.99. The van der Waals surface area contributed by atoms with Gasteiger partial charge in [-0.25, -0.2) is 4.79 Å². The molecule has 5 nitrogen and oxygen atoms in total. The Morgan fingerprint density at radius 2 is 1.91 bits per heavy atom. The molecule has 1 aromatic heterocycles. The lowest BCUT2D eigenvalue weighted by Gasteiger charge is -2.07. The number of carboxylic acid groups (broad SMARTS) is 1. The number of benzene rings is 1. The van der Waals surface area contributed by atoms with Gasteiger partial charge in [-0.2, -0.15) is 8.78 Å². The molecule has 8 heteroatoms. The van der Waals surface area contributed by atoms with Crippen LogP contribution in [0.15, 0.2) is 47.5 Å².